The Kier molecular flexibility index (Phi) is 8.15. The van der Waals surface area contributed by atoms with Gasteiger partial charge in [-0.2, -0.15) is 0 Å². The summed E-state index contributed by atoms with van der Waals surface area (Å²) in [4.78, 5) is 16.9. The number of benzene rings is 2. The van der Waals surface area contributed by atoms with E-state index in [2.05, 4.69) is 20.9 Å². The summed E-state index contributed by atoms with van der Waals surface area (Å²) in [7, 11) is 0. The number of carbonyl (C=O) groups is 1. The molecule has 0 saturated carbocycles. The molecule has 1 aliphatic heterocycles. The Morgan fingerprint density at radius 1 is 1.10 bits per heavy atom. The Morgan fingerprint density at radius 2 is 1.84 bits per heavy atom. The molecule has 0 radical (unpaired) electrons. The van der Waals surface area contributed by atoms with Gasteiger partial charge in [0, 0.05) is 18.2 Å². The van der Waals surface area contributed by atoms with Crippen LogP contribution in [0.3, 0.4) is 0 Å². The van der Waals surface area contributed by atoms with Crippen molar-refractivity contribution >= 4 is 11.9 Å². The van der Waals surface area contributed by atoms with Gasteiger partial charge in [-0.25, -0.2) is 4.99 Å². The number of amides is 1. The average molecular weight is 425 g/mol. The van der Waals surface area contributed by atoms with E-state index in [9.17, 15) is 4.79 Å². The largest absolute Gasteiger partial charge is 0.486 e. The van der Waals surface area contributed by atoms with E-state index in [0.717, 1.165) is 30.0 Å². The van der Waals surface area contributed by atoms with Crippen LogP contribution in [0.25, 0.3) is 0 Å². The maximum absolute atomic E-state index is 12.2. The second-order valence-electron chi connectivity index (χ2n) is 7.55. The van der Waals surface area contributed by atoms with Crippen LogP contribution in [0.15, 0.2) is 53.5 Å². The van der Waals surface area contributed by atoms with Gasteiger partial charge in [-0.05, 0) is 50.1 Å². The van der Waals surface area contributed by atoms with E-state index in [-0.39, 0.29) is 18.1 Å². The van der Waals surface area contributed by atoms with Crippen LogP contribution in [0, 0.1) is 0 Å². The molecule has 2 aromatic carbocycles. The van der Waals surface area contributed by atoms with Gasteiger partial charge in [-0.15, -0.1) is 0 Å². The summed E-state index contributed by atoms with van der Waals surface area (Å²) >= 11 is 0. The second-order valence-corrected chi connectivity index (χ2v) is 7.55. The maximum atomic E-state index is 12.2. The predicted molar refractivity (Wildman–Crippen MR) is 123 cm³/mol. The van der Waals surface area contributed by atoms with Crippen molar-refractivity contribution in [3.63, 3.8) is 0 Å². The Balaban J connectivity index is 1.53. The highest BCUT2D eigenvalue weighted by molar-refractivity contribution is 5.94. The minimum atomic E-state index is -0.0953. The molecule has 0 fully saturated rings. The summed E-state index contributed by atoms with van der Waals surface area (Å²) < 4.78 is 11.7. The van der Waals surface area contributed by atoms with Crippen LogP contribution in [-0.4, -0.2) is 43.7 Å². The molecule has 3 N–H and O–H groups in total. The number of hydrogen-bond acceptors (Lipinski definition) is 4. The Hall–Kier alpha value is -3.22. The van der Waals surface area contributed by atoms with Crippen LogP contribution in [0.5, 0.6) is 11.5 Å². The highest BCUT2D eigenvalue weighted by atomic mass is 16.6. The minimum Gasteiger partial charge on any atom is -0.486 e. The zero-order valence-electron chi connectivity index (χ0n) is 18.5. The SMILES string of the molecule is CCNC(=NCc1ccc(C(=O)NC(C)CC)cc1)NCC1COc2ccccc2O1. The summed E-state index contributed by atoms with van der Waals surface area (Å²) in [6.07, 6.45) is 0.811. The van der Waals surface area contributed by atoms with Crippen molar-refractivity contribution in [1.29, 1.82) is 0 Å². The van der Waals surface area contributed by atoms with Gasteiger partial charge in [0.2, 0.25) is 0 Å². The van der Waals surface area contributed by atoms with Crippen LogP contribution in [-0.2, 0) is 6.54 Å². The normalized spacial score (nSPS) is 16.4. The van der Waals surface area contributed by atoms with Crippen molar-refractivity contribution < 1.29 is 14.3 Å². The summed E-state index contributed by atoms with van der Waals surface area (Å²) in [6.45, 7) is 8.41. The number of carbonyl (C=O) groups excluding carboxylic acids is 1. The van der Waals surface area contributed by atoms with Gasteiger partial charge in [0.1, 0.15) is 12.7 Å². The van der Waals surface area contributed by atoms with Crippen molar-refractivity contribution in [2.45, 2.75) is 45.9 Å². The van der Waals surface area contributed by atoms with Crippen LogP contribution in [0.1, 0.15) is 43.1 Å². The summed E-state index contributed by atoms with van der Waals surface area (Å²) in [5.41, 5.74) is 1.69. The molecule has 1 amide bonds. The van der Waals surface area contributed by atoms with Crippen molar-refractivity contribution in [3.8, 4) is 11.5 Å². The molecule has 31 heavy (non-hydrogen) atoms. The molecule has 166 valence electrons. The lowest BCUT2D eigenvalue weighted by Crippen LogP contribution is -2.45. The zero-order chi connectivity index (χ0) is 22.1. The molecular formula is C24H32N4O3. The lowest BCUT2D eigenvalue weighted by Gasteiger charge is -2.27. The summed E-state index contributed by atoms with van der Waals surface area (Å²) in [5, 5.41) is 9.54. The third-order valence-electron chi connectivity index (χ3n) is 5.03. The second kappa shape index (κ2) is 11.2. The zero-order valence-corrected chi connectivity index (χ0v) is 18.5. The molecule has 2 unspecified atom stereocenters. The third kappa shape index (κ3) is 6.64. The molecule has 0 aromatic heterocycles. The number of rotatable bonds is 8. The molecule has 7 heteroatoms. The van der Waals surface area contributed by atoms with Crippen molar-refractivity contribution in [1.82, 2.24) is 16.0 Å². The number of aliphatic imine (C=N–C) groups is 1. The van der Waals surface area contributed by atoms with E-state index < -0.39 is 0 Å². The van der Waals surface area contributed by atoms with Gasteiger partial charge in [0.15, 0.2) is 17.5 Å². The third-order valence-corrected chi connectivity index (χ3v) is 5.03. The molecule has 1 heterocycles. The number of hydrogen-bond donors (Lipinski definition) is 3. The average Bonchev–Trinajstić information content (AvgIpc) is 2.81. The first-order chi connectivity index (χ1) is 15.1. The molecule has 0 aliphatic carbocycles. The van der Waals surface area contributed by atoms with Crippen molar-refractivity contribution in [3.05, 3.63) is 59.7 Å². The number of fused-ring (bicyclic) bond motifs is 1. The van der Waals surface area contributed by atoms with Crippen molar-refractivity contribution in [2.75, 3.05) is 19.7 Å². The number of nitrogens with one attached hydrogen (secondary N) is 3. The van der Waals surface area contributed by atoms with Crippen LogP contribution in [0.4, 0.5) is 0 Å². The number of ether oxygens (including phenoxy) is 2. The minimum absolute atomic E-state index is 0.0457. The van der Waals surface area contributed by atoms with Gasteiger partial charge in [0.05, 0.1) is 13.1 Å². The predicted octanol–water partition coefficient (Wildman–Crippen LogP) is 3.11. The Bertz CT molecular complexity index is 883. The highest BCUT2D eigenvalue weighted by Crippen LogP contribution is 2.30. The van der Waals surface area contributed by atoms with Crippen LogP contribution >= 0.6 is 0 Å². The molecule has 0 spiro atoms. The van der Waals surface area contributed by atoms with Gasteiger partial charge < -0.3 is 25.4 Å². The van der Waals surface area contributed by atoms with E-state index in [4.69, 9.17) is 9.47 Å². The number of para-hydroxylation sites is 2. The Labute approximate surface area is 184 Å². The fraction of sp³-hybridized carbons (Fsp3) is 0.417. The Morgan fingerprint density at radius 3 is 2.55 bits per heavy atom. The standard InChI is InChI=1S/C24H32N4O3/c1-4-17(3)28-23(29)19-12-10-18(11-13-19)14-26-24(25-5-2)27-15-20-16-30-21-8-6-7-9-22(21)31-20/h6-13,17,20H,4-5,14-16H2,1-3H3,(H,28,29)(H2,25,26,27). The molecule has 1 aliphatic rings. The molecular weight excluding hydrogens is 392 g/mol. The van der Waals surface area contributed by atoms with Crippen LogP contribution < -0.4 is 25.4 Å². The smallest absolute Gasteiger partial charge is 0.251 e. The summed E-state index contributed by atoms with van der Waals surface area (Å²) in [5.74, 6) is 2.21. The molecule has 3 rings (SSSR count). The maximum Gasteiger partial charge on any atom is 0.251 e. The van der Waals surface area contributed by atoms with Gasteiger partial charge in [-0.3, -0.25) is 4.79 Å². The highest BCUT2D eigenvalue weighted by Gasteiger charge is 2.20. The fourth-order valence-corrected chi connectivity index (χ4v) is 3.06. The van der Waals surface area contributed by atoms with E-state index in [1.807, 2.05) is 69.3 Å². The van der Waals surface area contributed by atoms with Gasteiger partial charge in [-0.1, -0.05) is 31.2 Å². The number of nitrogens with zero attached hydrogens (tertiary/aromatic N) is 1. The van der Waals surface area contributed by atoms with Gasteiger partial charge in [0.25, 0.3) is 5.91 Å². The van der Waals surface area contributed by atoms with E-state index in [1.54, 1.807) is 0 Å². The first-order valence-corrected chi connectivity index (χ1v) is 10.9. The number of guanidine groups is 1. The van der Waals surface area contributed by atoms with E-state index in [1.165, 1.54) is 0 Å². The van der Waals surface area contributed by atoms with Crippen molar-refractivity contribution in [2.24, 2.45) is 4.99 Å². The van der Waals surface area contributed by atoms with Crippen LogP contribution in [0.2, 0.25) is 0 Å². The first-order valence-electron chi connectivity index (χ1n) is 10.9. The molecule has 7 nitrogen and oxygen atoms in total. The lowest BCUT2D eigenvalue weighted by atomic mass is 10.1. The topological polar surface area (TPSA) is 84.0 Å². The quantitative estimate of drug-likeness (QED) is 0.448. The first kappa shape index (κ1) is 22.5. The van der Waals surface area contributed by atoms with E-state index in [0.29, 0.717) is 31.2 Å². The van der Waals surface area contributed by atoms with E-state index >= 15 is 0 Å². The lowest BCUT2D eigenvalue weighted by molar-refractivity contribution is 0.0936. The summed E-state index contributed by atoms with van der Waals surface area (Å²) in [6, 6.07) is 15.4. The molecule has 2 atom stereocenters. The fourth-order valence-electron chi connectivity index (χ4n) is 3.06. The molecule has 0 saturated heterocycles. The molecule has 2 aromatic rings. The monoisotopic (exact) mass is 424 g/mol. The van der Waals surface area contributed by atoms with Gasteiger partial charge >= 0.3 is 0 Å². The molecule has 0 bridgehead atoms.